The summed E-state index contributed by atoms with van der Waals surface area (Å²) in [6, 6.07) is 5.62. The van der Waals surface area contributed by atoms with Gasteiger partial charge in [-0.3, -0.25) is 4.79 Å². The van der Waals surface area contributed by atoms with E-state index in [1.165, 1.54) is 0 Å². The number of Topliss-reactive ketones (excluding diaryl/α,β-unsaturated/α-hetero) is 1. The Hall–Kier alpha value is -1.77. The van der Waals surface area contributed by atoms with E-state index in [-0.39, 0.29) is 5.92 Å². The molecule has 0 saturated heterocycles. The fourth-order valence-electron chi connectivity index (χ4n) is 2.40. The second-order valence-electron chi connectivity index (χ2n) is 4.85. The first kappa shape index (κ1) is 13.7. The predicted octanol–water partition coefficient (Wildman–Crippen LogP) is 3.17. The molecule has 3 heteroatoms. The van der Waals surface area contributed by atoms with E-state index in [0.29, 0.717) is 12.2 Å². The number of methoxy groups -OCH3 is 2. The highest BCUT2D eigenvalue weighted by Gasteiger charge is 2.19. The molecule has 0 radical (unpaired) electrons. The van der Waals surface area contributed by atoms with E-state index in [1.807, 2.05) is 18.2 Å². The molecular weight excluding hydrogens is 240 g/mol. The van der Waals surface area contributed by atoms with E-state index in [9.17, 15) is 4.79 Å². The molecule has 3 nitrogen and oxygen atoms in total. The van der Waals surface area contributed by atoms with Gasteiger partial charge in [0, 0.05) is 18.4 Å². The van der Waals surface area contributed by atoms with Gasteiger partial charge in [0.1, 0.15) is 17.3 Å². The van der Waals surface area contributed by atoms with Crippen LogP contribution in [0.25, 0.3) is 0 Å². The van der Waals surface area contributed by atoms with Crippen molar-refractivity contribution in [1.82, 2.24) is 0 Å². The Morgan fingerprint density at radius 1 is 1.16 bits per heavy atom. The Bertz CT molecular complexity index is 455. The third kappa shape index (κ3) is 3.60. The summed E-state index contributed by atoms with van der Waals surface area (Å²) in [4.78, 5) is 12.3. The van der Waals surface area contributed by atoms with E-state index in [1.54, 1.807) is 14.2 Å². The van der Waals surface area contributed by atoms with Crippen molar-refractivity contribution in [3.05, 3.63) is 35.9 Å². The molecule has 0 saturated carbocycles. The fourth-order valence-corrected chi connectivity index (χ4v) is 2.40. The Balaban J connectivity index is 2.09. The molecule has 0 heterocycles. The first-order chi connectivity index (χ1) is 9.22. The summed E-state index contributed by atoms with van der Waals surface area (Å²) in [6.45, 7) is 0. The van der Waals surface area contributed by atoms with E-state index in [4.69, 9.17) is 9.47 Å². The largest absolute Gasteiger partial charge is 0.497 e. The summed E-state index contributed by atoms with van der Waals surface area (Å²) in [5, 5.41) is 0. The normalized spacial score (nSPS) is 18.1. The van der Waals surface area contributed by atoms with Crippen LogP contribution in [0.4, 0.5) is 0 Å². The molecule has 1 aromatic carbocycles. The summed E-state index contributed by atoms with van der Waals surface area (Å²) < 4.78 is 10.4. The highest BCUT2D eigenvalue weighted by molar-refractivity contribution is 5.83. The molecule has 1 atom stereocenters. The molecule has 102 valence electrons. The van der Waals surface area contributed by atoms with Crippen molar-refractivity contribution in [2.45, 2.75) is 25.7 Å². The number of benzene rings is 1. The first-order valence-electron chi connectivity index (χ1n) is 6.62. The fraction of sp³-hybridized carbons (Fsp3) is 0.438. The lowest BCUT2D eigenvalue weighted by Gasteiger charge is -2.16. The van der Waals surface area contributed by atoms with Gasteiger partial charge in [0.25, 0.3) is 0 Å². The van der Waals surface area contributed by atoms with Gasteiger partial charge in [-0.05, 0) is 37.0 Å². The third-order valence-electron chi connectivity index (χ3n) is 3.51. The van der Waals surface area contributed by atoms with Crippen LogP contribution in [0.15, 0.2) is 30.4 Å². The van der Waals surface area contributed by atoms with Crippen molar-refractivity contribution in [1.29, 1.82) is 0 Å². The maximum atomic E-state index is 12.3. The minimum atomic E-state index is 0.169. The molecular formula is C16H20O3. The van der Waals surface area contributed by atoms with Crippen LogP contribution in [0.3, 0.4) is 0 Å². The first-order valence-corrected chi connectivity index (χ1v) is 6.62. The summed E-state index contributed by atoms with van der Waals surface area (Å²) in [6.07, 6.45) is 7.57. The number of carbonyl (C=O) groups excluding carboxylic acids is 1. The minimum Gasteiger partial charge on any atom is -0.497 e. The van der Waals surface area contributed by atoms with Gasteiger partial charge in [0.15, 0.2) is 0 Å². The highest BCUT2D eigenvalue weighted by Crippen LogP contribution is 2.25. The maximum absolute atomic E-state index is 12.3. The molecule has 19 heavy (non-hydrogen) atoms. The van der Waals surface area contributed by atoms with Gasteiger partial charge >= 0.3 is 0 Å². The topological polar surface area (TPSA) is 35.5 Å². The molecule has 0 N–H and O–H groups in total. The number of allylic oxidation sites excluding steroid dienone is 2. The van der Waals surface area contributed by atoms with Crippen LogP contribution in [-0.4, -0.2) is 20.0 Å². The molecule has 1 aromatic rings. The number of rotatable bonds is 5. The average molecular weight is 260 g/mol. The van der Waals surface area contributed by atoms with Gasteiger partial charge in [-0.15, -0.1) is 0 Å². The SMILES string of the molecule is COc1cc(CC(=O)C2CC=CCC2)cc(OC)c1. The molecule has 1 aliphatic carbocycles. The van der Waals surface area contributed by atoms with Crippen molar-refractivity contribution in [3.8, 4) is 11.5 Å². The summed E-state index contributed by atoms with van der Waals surface area (Å²) >= 11 is 0. The number of ketones is 1. The van der Waals surface area contributed by atoms with Crippen LogP contribution in [-0.2, 0) is 11.2 Å². The Morgan fingerprint density at radius 3 is 2.37 bits per heavy atom. The van der Waals surface area contributed by atoms with E-state index >= 15 is 0 Å². The molecule has 2 rings (SSSR count). The Kier molecular flexibility index (Phi) is 4.61. The molecule has 1 unspecified atom stereocenters. The van der Waals surface area contributed by atoms with Gasteiger partial charge in [-0.2, -0.15) is 0 Å². The standard InChI is InChI=1S/C16H20O3/c1-18-14-8-12(9-15(11-14)19-2)10-16(17)13-6-4-3-5-7-13/h3-4,8-9,11,13H,5-7,10H2,1-2H3. The molecule has 1 aliphatic rings. The second kappa shape index (κ2) is 6.41. The van der Waals surface area contributed by atoms with Gasteiger partial charge in [0.05, 0.1) is 14.2 Å². The zero-order valence-electron chi connectivity index (χ0n) is 11.5. The lowest BCUT2D eigenvalue weighted by Crippen LogP contribution is -2.17. The van der Waals surface area contributed by atoms with Crippen LogP contribution in [0.5, 0.6) is 11.5 Å². The van der Waals surface area contributed by atoms with Crippen molar-refractivity contribution in [2.24, 2.45) is 5.92 Å². The average Bonchev–Trinajstić information content (AvgIpc) is 2.47. The molecule has 0 amide bonds. The summed E-state index contributed by atoms with van der Waals surface area (Å²) in [5.74, 6) is 1.93. The summed E-state index contributed by atoms with van der Waals surface area (Å²) in [5.41, 5.74) is 0.954. The highest BCUT2D eigenvalue weighted by atomic mass is 16.5. The third-order valence-corrected chi connectivity index (χ3v) is 3.51. The predicted molar refractivity (Wildman–Crippen MR) is 74.7 cm³/mol. The van der Waals surface area contributed by atoms with Crippen LogP contribution in [0.1, 0.15) is 24.8 Å². The quantitative estimate of drug-likeness (QED) is 0.763. The van der Waals surface area contributed by atoms with Crippen LogP contribution >= 0.6 is 0 Å². The lowest BCUT2D eigenvalue weighted by atomic mass is 9.88. The number of carbonyl (C=O) groups is 1. The van der Waals surface area contributed by atoms with Crippen molar-refractivity contribution in [3.63, 3.8) is 0 Å². The zero-order valence-corrected chi connectivity index (χ0v) is 11.5. The van der Waals surface area contributed by atoms with E-state index in [2.05, 4.69) is 12.2 Å². The zero-order chi connectivity index (χ0) is 13.7. The summed E-state index contributed by atoms with van der Waals surface area (Å²) in [7, 11) is 3.23. The Morgan fingerprint density at radius 2 is 1.84 bits per heavy atom. The number of hydrogen-bond acceptors (Lipinski definition) is 3. The molecule has 0 fully saturated rings. The molecule has 0 aliphatic heterocycles. The van der Waals surface area contributed by atoms with Crippen LogP contribution in [0.2, 0.25) is 0 Å². The van der Waals surface area contributed by atoms with E-state index < -0.39 is 0 Å². The minimum absolute atomic E-state index is 0.169. The van der Waals surface area contributed by atoms with Gasteiger partial charge in [-0.25, -0.2) is 0 Å². The maximum Gasteiger partial charge on any atom is 0.140 e. The van der Waals surface area contributed by atoms with Gasteiger partial charge in [-0.1, -0.05) is 12.2 Å². The smallest absolute Gasteiger partial charge is 0.140 e. The lowest BCUT2D eigenvalue weighted by molar-refractivity contribution is -0.122. The number of ether oxygens (including phenoxy) is 2. The van der Waals surface area contributed by atoms with Crippen molar-refractivity contribution < 1.29 is 14.3 Å². The monoisotopic (exact) mass is 260 g/mol. The van der Waals surface area contributed by atoms with Crippen LogP contribution in [0, 0.1) is 5.92 Å². The number of hydrogen-bond donors (Lipinski definition) is 0. The van der Waals surface area contributed by atoms with E-state index in [0.717, 1.165) is 36.3 Å². The van der Waals surface area contributed by atoms with Crippen molar-refractivity contribution >= 4 is 5.78 Å². The van der Waals surface area contributed by atoms with Gasteiger partial charge in [0.2, 0.25) is 0 Å². The second-order valence-corrected chi connectivity index (χ2v) is 4.85. The van der Waals surface area contributed by atoms with Gasteiger partial charge < -0.3 is 9.47 Å². The molecule has 0 spiro atoms. The van der Waals surface area contributed by atoms with Crippen molar-refractivity contribution in [2.75, 3.05) is 14.2 Å². The molecule has 0 aromatic heterocycles. The molecule has 0 bridgehead atoms. The van der Waals surface area contributed by atoms with Crippen LogP contribution < -0.4 is 9.47 Å². The Labute approximate surface area is 114 Å².